The summed E-state index contributed by atoms with van der Waals surface area (Å²) in [7, 11) is 1.59. The molecule has 2 saturated heterocycles. The van der Waals surface area contributed by atoms with E-state index in [9.17, 15) is 4.79 Å². The van der Waals surface area contributed by atoms with Crippen molar-refractivity contribution in [3.8, 4) is 17.0 Å². The molecule has 4 rings (SSSR count). The molecule has 1 aromatic heterocycles. The molecule has 0 spiro atoms. The van der Waals surface area contributed by atoms with E-state index in [1.165, 1.54) is 6.33 Å². The van der Waals surface area contributed by atoms with Crippen molar-refractivity contribution in [1.82, 2.24) is 14.9 Å². The Morgan fingerprint density at radius 1 is 1.14 bits per heavy atom. The zero-order valence-corrected chi connectivity index (χ0v) is 16.5. The molecule has 29 heavy (non-hydrogen) atoms. The van der Waals surface area contributed by atoms with Gasteiger partial charge in [0.2, 0.25) is 0 Å². The van der Waals surface area contributed by atoms with E-state index in [0.717, 1.165) is 19.3 Å². The number of carbonyl (C=O) groups excluding carboxylic acids is 1. The van der Waals surface area contributed by atoms with Crippen LogP contribution in [0.15, 0.2) is 30.6 Å². The number of ether oxygens (including phenoxy) is 2. The number of amides is 1. The van der Waals surface area contributed by atoms with Gasteiger partial charge < -0.3 is 19.3 Å². The van der Waals surface area contributed by atoms with Gasteiger partial charge in [0, 0.05) is 38.3 Å². The highest BCUT2D eigenvalue weighted by atomic mass is 19.1. The largest absolute Gasteiger partial charge is 0.497 e. The first-order valence-corrected chi connectivity index (χ1v) is 9.97. The number of hydrogen-bond donors (Lipinski definition) is 0. The van der Waals surface area contributed by atoms with E-state index < -0.39 is 5.82 Å². The van der Waals surface area contributed by atoms with Crippen LogP contribution in [0.5, 0.6) is 5.75 Å². The van der Waals surface area contributed by atoms with Gasteiger partial charge in [0.25, 0.3) is 5.91 Å². The van der Waals surface area contributed by atoms with Crippen LogP contribution in [-0.2, 0) is 9.53 Å². The van der Waals surface area contributed by atoms with Crippen LogP contribution in [0.25, 0.3) is 11.3 Å². The predicted molar refractivity (Wildman–Crippen MR) is 106 cm³/mol. The number of benzene rings is 1. The van der Waals surface area contributed by atoms with Crippen molar-refractivity contribution in [1.29, 1.82) is 0 Å². The third-order valence-corrected chi connectivity index (χ3v) is 5.48. The Hall–Kier alpha value is -2.74. The second kappa shape index (κ2) is 8.73. The van der Waals surface area contributed by atoms with Crippen molar-refractivity contribution >= 4 is 11.7 Å². The molecule has 3 heterocycles. The molecule has 7 nitrogen and oxygen atoms in total. The fraction of sp³-hybridized carbons (Fsp3) is 0.476. The lowest BCUT2D eigenvalue weighted by Crippen LogP contribution is -2.52. The highest BCUT2D eigenvalue weighted by molar-refractivity contribution is 5.81. The van der Waals surface area contributed by atoms with Gasteiger partial charge in [0.15, 0.2) is 11.6 Å². The normalized spacial score (nSPS) is 19.9. The van der Waals surface area contributed by atoms with E-state index in [1.807, 2.05) is 9.80 Å². The van der Waals surface area contributed by atoms with Gasteiger partial charge in [-0.25, -0.2) is 14.4 Å². The van der Waals surface area contributed by atoms with E-state index in [0.29, 0.717) is 44.1 Å². The fourth-order valence-electron chi connectivity index (χ4n) is 3.81. The smallest absolute Gasteiger partial charge is 0.251 e. The summed E-state index contributed by atoms with van der Waals surface area (Å²) in [4.78, 5) is 24.6. The third kappa shape index (κ3) is 4.17. The lowest BCUT2D eigenvalue weighted by molar-refractivity contribution is -0.146. The molecule has 2 fully saturated rings. The maximum absolute atomic E-state index is 15.2. The Balaban J connectivity index is 1.45. The molecule has 1 atom stereocenters. The van der Waals surface area contributed by atoms with Gasteiger partial charge in [0.05, 0.1) is 7.11 Å². The number of hydrogen-bond acceptors (Lipinski definition) is 6. The monoisotopic (exact) mass is 400 g/mol. The molecular weight excluding hydrogens is 375 g/mol. The standard InChI is InChI=1S/C21H25FN4O3/c1-28-16-7-5-15(6-8-16)19-18(22)20(24-14-23-19)25-9-11-26(12-10-25)21(27)17-4-2-3-13-29-17/h5-8,14,17H,2-4,9-13H2,1H3. The van der Waals surface area contributed by atoms with Crippen LogP contribution < -0.4 is 9.64 Å². The van der Waals surface area contributed by atoms with Gasteiger partial charge in [-0.05, 0) is 43.5 Å². The third-order valence-electron chi connectivity index (χ3n) is 5.48. The van der Waals surface area contributed by atoms with Gasteiger partial charge in [-0.3, -0.25) is 4.79 Å². The zero-order valence-electron chi connectivity index (χ0n) is 16.5. The number of aromatic nitrogens is 2. The number of nitrogens with zero attached hydrogens (tertiary/aromatic N) is 4. The number of halogens is 1. The lowest BCUT2D eigenvalue weighted by atomic mass is 10.1. The van der Waals surface area contributed by atoms with Crippen molar-refractivity contribution in [3.63, 3.8) is 0 Å². The number of methoxy groups -OCH3 is 1. The van der Waals surface area contributed by atoms with E-state index in [4.69, 9.17) is 9.47 Å². The molecule has 2 aromatic rings. The number of rotatable bonds is 4. The van der Waals surface area contributed by atoms with Crippen LogP contribution in [0.3, 0.4) is 0 Å². The second-order valence-electron chi connectivity index (χ2n) is 7.26. The average Bonchev–Trinajstić information content (AvgIpc) is 2.80. The Bertz CT molecular complexity index is 848. The lowest BCUT2D eigenvalue weighted by Gasteiger charge is -2.37. The first kappa shape index (κ1) is 19.6. The summed E-state index contributed by atoms with van der Waals surface area (Å²) in [5, 5.41) is 0. The molecule has 1 unspecified atom stereocenters. The minimum atomic E-state index is -0.451. The van der Waals surface area contributed by atoms with E-state index in [-0.39, 0.29) is 23.5 Å². The molecule has 2 aliphatic rings. The molecule has 0 saturated carbocycles. The number of anilines is 1. The van der Waals surface area contributed by atoms with Gasteiger partial charge in [-0.2, -0.15) is 0 Å². The minimum Gasteiger partial charge on any atom is -0.497 e. The summed E-state index contributed by atoms with van der Waals surface area (Å²) < 4.78 is 25.9. The van der Waals surface area contributed by atoms with Gasteiger partial charge in [0.1, 0.15) is 23.9 Å². The van der Waals surface area contributed by atoms with Crippen LogP contribution >= 0.6 is 0 Å². The topological polar surface area (TPSA) is 67.8 Å². The molecule has 0 aliphatic carbocycles. The molecule has 0 radical (unpaired) electrons. The van der Waals surface area contributed by atoms with Crippen molar-refractivity contribution in [2.45, 2.75) is 25.4 Å². The second-order valence-corrected chi connectivity index (χ2v) is 7.26. The molecular formula is C21H25FN4O3. The summed E-state index contributed by atoms with van der Waals surface area (Å²) in [6.07, 6.45) is 3.88. The summed E-state index contributed by atoms with van der Waals surface area (Å²) in [6, 6.07) is 7.09. The summed E-state index contributed by atoms with van der Waals surface area (Å²) in [5.41, 5.74) is 0.918. The van der Waals surface area contributed by atoms with E-state index in [1.54, 1.807) is 31.4 Å². The molecule has 1 aromatic carbocycles. The maximum atomic E-state index is 15.2. The summed E-state index contributed by atoms with van der Waals surface area (Å²) >= 11 is 0. The fourth-order valence-corrected chi connectivity index (χ4v) is 3.81. The van der Waals surface area contributed by atoms with Crippen LogP contribution in [0.2, 0.25) is 0 Å². The molecule has 2 aliphatic heterocycles. The predicted octanol–water partition coefficient (Wildman–Crippen LogP) is 2.51. The Kier molecular flexibility index (Phi) is 5.89. The molecule has 0 bridgehead atoms. The SMILES string of the molecule is COc1ccc(-c2ncnc(N3CCN(C(=O)C4CCCCO4)CC3)c2F)cc1. The average molecular weight is 400 g/mol. The summed E-state index contributed by atoms with van der Waals surface area (Å²) in [5.74, 6) is 0.567. The van der Waals surface area contributed by atoms with Crippen molar-refractivity contribution < 1.29 is 18.7 Å². The summed E-state index contributed by atoms with van der Waals surface area (Å²) in [6.45, 7) is 2.75. The Morgan fingerprint density at radius 2 is 1.90 bits per heavy atom. The zero-order chi connectivity index (χ0) is 20.2. The van der Waals surface area contributed by atoms with Crippen LogP contribution in [0.4, 0.5) is 10.2 Å². The molecule has 154 valence electrons. The first-order chi connectivity index (χ1) is 14.2. The highest BCUT2D eigenvalue weighted by Gasteiger charge is 2.30. The number of carbonyl (C=O) groups is 1. The van der Waals surface area contributed by atoms with Crippen LogP contribution in [-0.4, -0.2) is 66.8 Å². The van der Waals surface area contributed by atoms with E-state index in [2.05, 4.69) is 9.97 Å². The number of piperazine rings is 1. The van der Waals surface area contributed by atoms with Crippen molar-refractivity contribution in [3.05, 3.63) is 36.4 Å². The molecule has 8 heteroatoms. The van der Waals surface area contributed by atoms with Crippen molar-refractivity contribution in [2.24, 2.45) is 0 Å². The minimum absolute atomic E-state index is 0.0476. The molecule has 1 amide bonds. The van der Waals surface area contributed by atoms with Crippen LogP contribution in [0, 0.1) is 5.82 Å². The van der Waals surface area contributed by atoms with Crippen molar-refractivity contribution in [2.75, 3.05) is 44.8 Å². The van der Waals surface area contributed by atoms with Gasteiger partial charge in [-0.15, -0.1) is 0 Å². The Morgan fingerprint density at radius 3 is 2.55 bits per heavy atom. The van der Waals surface area contributed by atoms with Crippen LogP contribution in [0.1, 0.15) is 19.3 Å². The van der Waals surface area contributed by atoms with Gasteiger partial charge in [-0.1, -0.05) is 0 Å². The van der Waals surface area contributed by atoms with Gasteiger partial charge >= 0.3 is 0 Å². The first-order valence-electron chi connectivity index (χ1n) is 9.97. The quantitative estimate of drug-likeness (QED) is 0.786. The Labute approximate surface area is 169 Å². The van der Waals surface area contributed by atoms with E-state index >= 15 is 4.39 Å². The maximum Gasteiger partial charge on any atom is 0.251 e. The molecule has 0 N–H and O–H groups in total. The highest BCUT2D eigenvalue weighted by Crippen LogP contribution is 2.28.